The van der Waals surface area contributed by atoms with Gasteiger partial charge in [-0.15, -0.1) is 0 Å². The van der Waals surface area contributed by atoms with Crippen LogP contribution >= 0.6 is 0 Å². The smallest absolute Gasteiger partial charge is 0.167 e. The molecule has 31 heavy (non-hydrogen) atoms. The number of halogens is 2. The Morgan fingerprint density at radius 3 is 2.42 bits per heavy atom. The van der Waals surface area contributed by atoms with Crippen molar-refractivity contribution in [3.8, 4) is 17.1 Å². The van der Waals surface area contributed by atoms with Crippen LogP contribution in [0, 0.1) is 11.6 Å². The van der Waals surface area contributed by atoms with Crippen molar-refractivity contribution in [2.45, 2.75) is 25.9 Å². The van der Waals surface area contributed by atoms with E-state index >= 15 is 0 Å². The quantitative estimate of drug-likeness (QED) is 0.544. The summed E-state index contributed by atoms with van der Waals surface area (Å²) in [5.74, 6) is 0.0539. The van der Waals surface area contributed by atoms with E-state index in [0.29, 0.717) is 29.1 Å². The molecule has 1 aromatic carbocycles. The number of imidazole rings is 1. The lowest BCUT2D eigenvalue weighted by Crippen LogP contribution is -2.54. The predicted octanol–water partition coefficient (Wildman–Crippen LogP) is 3.95. The van der Waals surface area contributed by atoms with Gasteiger partial charge in [-0.3, -0.25) is 9.55 Å². The van der Waals surface area contributed by atoms with E-state index in [1.165, 1.54) is 0 Å². The Morgan fingerprint density at radius 2 is 1.68 bits per heavy atom. The van der Waals surface area contributed by atoms with Gasteiger partial charge < -0.3 is 10.2 Å². The summed E-state index contributed by atoms with van der Waals surface area (Å²) >= 11 is 0. The van der Waals surface area contributed by atoms with E-state index in [1.807, 2.05) is 12.1 Å². The average Bonchev–Trinajstić information content (AvgIpc) is 3.14. The van der Waals surface area contributed by atoms with Crippen LogP contribution in [0.2, 0.25) is 0 Å². The Hall–Kier alpha value is -3.39. The van der Waals surface area contributed by atoms with Gasteiger partial charge in [0.15, 0.2) is 5.65 Å². The number of anilines is 1. The van der Waals surface area contributed by atoms with Gasteiger partial charge >= 0.3 is 0 Å². The minimum atomic E-state index is -0.544. The number of aromatic nitrogens is 4. The van der Waals surface area contributed by atoms with Crippen LogP contribution in [0.25, 0.3) is 28.2 Å². The molecule has 0 unspecified atom stereocenters. The third kappa shape index (κ3) is 3.63. The molecular formula is C23H22F2N6. The monoisotopic (exact) mass is 420 g/mol. The highest BCUT2D eigenvalue weighted by Crippen LogP contribution is 2.31. The van der Waals surface area contributed by atoms with E-state index in [1.54, 1.807) is 29.1 Å². The molecule has 0 radical (unpaired) electrons. The van der Waals surface area contributed by atoms with E-state index < -0.39 is 11.6 Å². The number of nitrogens with one attached hydrogen (secondary N) is 1. The summed E-state index contributed by atoms with van der Waals surface area (Å²) in [6, 6.07) is 11.5. The molecule has 2 atom stereocenters. The summed E-state index contributed by atoms with van der Waals surface area (Å²) in [7, 11) is 0. The zero-order valence-electron chi connectivity index (χ0n) is 17.3. The minimum absolute atomic E-state index is 0.0841. The number of hydrogen-bond acceptors (Lipinski definition) is 5. The molecule has 158 valence electrons. The fraction of sp³-hybridized carbons (Fsp3) is 0.261. The SMILES string of the molecule is C[C@@H]1CN(c2ccc3nc(-c4cc(F)ccc4F)n(-c4ccncc4)c3n2)C[C@H](C)N1. The molecular weight excluding hydrogens is 398 g/mol. The van der Waals surface area contributed by atoms with Crippen LogP contribution in [0.3, 0.4) is 0 Å². The molecule has 0 bridgehead atoms. The van der Waals surface area contributed by atoms with Gasteiger partial charge in [-0.25, -0.2) is 18.7 Å². The molecule has 1 fully saturated rings. The van der Waals surface area contributed by atoms with E-state index in [0.717, 1.165) is 42.8 Å². The zero-order valence-corrected chi connectivity index (χ0v) is 17.3. The number of fused-ring (bicyclic) bond motifs is 1. The van der Waals surface area contributed by atoms with Crippen LogP contribution in [0.5, 0.6) is 0 Å². The summed E-state index contributed by atoms with van der Waals surface area (Å²) in [6.07, 6.45) is 3.30. The van der Waals surface area contributed by atoms with Crippen LogP contribution in [-0.2, 0) is 0 Å². The molecule has 0 amide bonds. The molecule has 6 nitrogen and oxygen atoms in total. The second-order valence-corrected chi connectivity index (χ2v) is 7.99. The Morgan fingerprint density at radius 1 is 0.935 bits per heavy atom. The highest BCUT2D eigenvalue weighted by atomic mass is 19.1. The average molecular weight is 420 g/mol. The molecule has 1 aliphatic heterocycles. The Kier molecular flexibility index (Phi) is 4.86. The molecule has 0 spiro atoms. The molecule has 0 saturated carbocycles. The van der Waals surface area contributed by atoms with Crippen LogP contribution < -0.4 is 10.2 Å². The molecule has 3 aromatic heterocycles. The predicted molar refractivity (Wildman–Crippen MR) is 116 cm³/mol. The van der Waals surface area contributed by atoms with Crippen molar-refractivity contribution in [2.75, 3.05) is 18.0 Å². The number of nitrogens with zero attached hydrogens (tertiary/aromatic N) is 5. The van der Waals surface area contributed by atoms with Crippen molar-refractivity contribution in [1.82, 2.24) is 24.8 Å². The molecule has 4 heterocycles. The Balaban J connectivity index is 1.72. The zero-order chi connectivity index (χ0) is 21.5. The fourth-order valence-corrected chi connectivity index (χ4v) is 4.22. The van der Waals surface area contributed by atoms with Crippen molar-refractivity contribution in [1.29, 1.82) is 0 Å². The van der Waals surface area contributed by atoms with Gasteiger partial charge in [0, 0.05) is 37.6 Å². The van der Waals surface area contributed by atoms with Gasteiger partial charge in [0.1, 0.15) is 28.8 Å². The van der Waals surface area contributed by atoms with E-state index in [2.05, 4.69) is 34.0 Å². The number of hydrogen-bond donors (Lipinski definition) is 1. The summed E-state index contributed by atoms with van der Waals surface area (Å²) in [5, 5.41) is 3.52. The standard InChI is InChI=1S/C23H22F2N6/c1-14-12-30(13-15(2)27-14)21-6-5-20-23(29-21)31(17-7-9-26-10-8-17)22(28-20)18-11-16(24)3-4-19(18)25/h3-11,14-15,27H,12-13H2,1-2H3/t14-,15+. The number of benzene rings is 1. The maximum absolute atomic E-state index is 14.7. The van der Waals surface area contributed by atoms with Gasteiger partial charge in [0.05, 0.1) is 11.3 Å². The second kappa shape index (κ2) is 7.70. The molecule has 4 aromatic rings. The topological polar surface area (TPSA) is 58.9 Å². The van der Waals surface area contributed by atoms with E-state index in [9.17, 15) is 8.78 Å². The number of piperazine rings is 1. The van der Waals surface area contributed by atoms with Crippen molar-refractivity contribution < 1.29 is 8.78 Å². The maximum atomic E-state index is 14.7. The second-order valence-electron chi connectivity index (χ2n) is 7.99. The summed E-state index contributed by atoms with van der Waals surface area (Å²) < 4.78 is 30.4. The highest BCUT2D eigenvalue weighted by molar-refractivity contribution is 5.81. The number of rotatable bonds is 3. The van der Waals surface area contributed by atoms with Crippen molar-refractivity contribution in [3.63, 3.8) is 0 Å². The van der Waals surface area contributed by atoms with Crippen molar-refractivity contribution >= 4 is 17.0 Å². The Labute approximate surface area is 178 Å². The largest absolute Gasteiger partial charge is 0.353 e. The van der Waals surface area contributed by atoms with E-state index in [-0.39, 0.29) is 5.56 Å². The summed E-state index contributed by atoms with van der Waals surface area (Å²) in [6.45, 7) is 5.95. The molecule has 1 aliphatic rings. The molecule has 8 heteroatoms. The van der Waals surface area contributed by atoms with Crippen LogP contribution in [0.15, 0.2) is 54.9 Å². The Bertz CT molecular complexity index is 1230. The third-order valence-corrected chi connectivity index (χ3v) is 5.46. The lowest BCUT2D eigenvalue weighted by Gasteiger charge is -2.36. The molecule has 5 rings (SSSR count). The lowest BCUT2D eigenvalue weighted by molar-refractivity contribution is 0.405. The van der Waals surface area contributed by atoms with Gasteiger partial charge in [-0.1, -0.05) is 0 Å². The van der Waals surface area contributed by atoms with Gasteiger partial charge in [-0.05, 0) is 56.3 Å². The summed E-state index contributed by atoms with van der Waals surface area (Å²) in [5.41, 5.74) is 2.00. The van der Waals surface area contributed by atoms with Crippen LogP contribution in [0.1, 0.15) is 13.8 Å². The molecule has 1 N–H and O–H groups in total. The van der Waals surface area contributed by atoms with Gasteiger partial charge in [0.25, 0.3) is 0 Å². The lowest BCUT2D eigenvalue weighted by atomic mass is 10.1. The van der Waals surface area contributed by atoms with Crippen LogP contribution in [0.4, 0.5) is 14.6 Å². The third-order valence-electron chi connectivity index (χ3n) is 5.46. The number of pyridine rings is 2. The summed E-state index contributed by atoms with van der Waals surface area (Å²) in [4.78, 5) is 15.8. The first-order valence-electron chi connectivity index (χ1n) is 10.3. The maximum Gasteiger partial charge on any atom is 0.167 e. The highest BCUT2D eigenvalue weighted by Gasteiger charge is 2.24. The molecule has 0 aliphatic carbocycles. The first-order chi connectivity index (χ1) is 15.0. The normalized spacial score (nSPS) is 19.2. The fourth-order valence-electron chi connectivity index (χ4n) is 4.22. The van der Waals surface area contributed by atoms with Crippen LogP contribution in [-0.4, -0.2) is 44.7 Å². The minimum Gasteiger partial charge on any atom is -0.353 e. The van der Waals surface area contributed by atoms with Crippen molar-refractivity contribution in [2.24, 2.45) is 0 Å². The van der Waals surface area contributed by atoms with E-state index in [4.69, 9.17) is 4.98 Å². The van der Waals surface area contributed by atoms with Gasteiger partial charge in [0.2, 0.25) is 0 Å². The first-order valence-corrected chi connectivity index (χ1v) is 10.3. The van der Waals surface area contributed by atoms with Crippen molar-refractivity contribution in [3.05, 3.63) is 66.5 Å². The molecule has 1 saturated heterocycles. The first kappa shape index (κ1) is 19.6. The van der Waals surface area contributed by atoms with Gasteiger partial charge in [-0.2, -0.15) is 0 Å².